The van der Waals surface area contributed by atoms with E-state index in [4.69, 9.17) is 0 Å². The average Bonchev–Trinajstić information content (AvgIpc) is 2.39. The molecule has 0 N–H and O–H groups in total. The molecule has 0 atom stereocenters. The smallest absolute Gasteiger partial charge is 0.258 e. The van der Waals surface area contributed by atoms with Crippen molar-refractivity contribution in [3.8, 4) is 11.1 Å². The second-order valence-electron chi connectivity index (χ2n) is 3.60. The van der Waals surface area contributed by atoms with Gasteiger partial charge in [-0.15, -0.1) is 0 Å². The maximum absolute atomic E-state index is 10.6. The minimum atomic E-state index is -0.400. The van der Waals surface area contributed by atoms with Crippen LogP contribution >= 0.6 is 0 Å². The minimum absolute atomic E-state index is 0.102. The molecule has 0 amide bonds. The molecule has 0 aliphatic heterocycles. The summed E-state index contributed by atoms with van der Waals surface area (Å²) in [7, 11) is 0. The molecule has 2 aromatic rings. The lowest BCUT2D eigenvalue weighted by Crippen LogP contribution is -1.88. The van der Waals surface area contributed by atoms with E-state index >= 15 is 0 Å². The van der Waals surface area contributed by atoms with Crippen molar-refractivity contribution in [2.75, 3.05) is 0 Å². The summed E-state index contributed by atoms with van der Waals surface area (Å²) in [4.78, 5) is 10.2. The molecular formula is C14H11NO2. The van der Waals surface area contributed by atoms with Crippen molar-refractivity contribution in [1.82, 2.24) is 0 Å². The zero-order chi connectivity index (χ0) is 12.3. The van der Waals surface area contributed by atoms with Crippen molar-refractivity contribution >= 4 is 11.8 Å². The summed E-state index contributed by atoms with van der Waals surface area (Å²) in [6, 6.07) is 14.3. The lowest BCUT2D eigenvalue weighted by molar-refractivity contribution is -0.384. The molecule has 0 heterocycles. The molecule has 0 aliphatic carbocycles. The summed E-state index contributed by atoms with van der Waals surface area (Å²) < 4.78 is 0. The molecule has 0 unspecified atom stereocenters. The maximum Gasteiger partial charge on any atom is 0.269 e. The van der Waals surface area contributed by atoms with E-state index in [2.05, 4.69) is 6.58 Å². The minimum Gasteiger partial charge on any atom is -0.258 e. The maximum atomic E-state index is 10.6. The zero-order valence-corrected chi connectivity index (χ0v) is 9.17. The van der Waals surface area contributed by atoms with Crippen LogP contribution in [-0.2, 0) is 0 Å². The molecule has 0 aromatic heterocycles. The number of hydrogen-bond donors (Lipinski definition) is 0. The van der Waals surface area contributed by atoms with Crippen molar-refractivity contribution in [1.29, 1.82) is 0 Å². The van der Waals surface area contributed by atoms with Gasteiger partial charge in [-0.3, -0.25) is 10.1 Å². The highest BCUT2D eigenvalue weighted by Crippen LogP contribution is 2.26. The van der Waals surface area contributed by atoms with E-state index in [1.807, 2.05) is 24.3 Å². The molecule has 0 saturated carbocycles. The van der Waals surface area contributed by atoms with E-state index in [1.165, 1.54) is 12.1 Å². The highest BCUT2D eigenvalue weighted by atomic mass is 16.6. The lowest BCUT2D eigenvalue weighted by Gasteiger charge is -2.05. The van der Waals surface area contributed by atoms with Gasteiger partial charge < -0.3 is 0 Å². The molecule has 3 heteroatoms. The Morgan fingerprint density at radius 1 is 1.06 bits per heavy atom. The first-order valence-corrected chi connectivity index (χ1v) is 5.18. The standard InChI is InChI=1S/C14H11NO2/c1-2-11-5-3-4-6-14(11)12-7-9-13(10-8-12)15(16)17/h2-10H,1H2. The first-order valence-electron chi connectivity index (χ1n) is 5.18. The van der Waals surface area contributed by atoms with Gasteiger partial charge in [0.15, 0.2) is 0 Å². The van der Waals surface area contributed by atoms with Gasteiger partial charge >= 0.3 is 0 Å². The van der Waals surface area contributed by atoms with Gasteiger partial charge in [0.1, 0.15) is 0 Å². The SMILES string of the molecule is C=Cc1ccccc1-c1ccc([N+](=O)[O-])cc1. The van der Waals surface area contributed by atoms with Crippen LogP contribution in [0.5, 0.6) is 0 Å². The quantitative estimate of drug-likeness (QED) is 0.587. The van der Waals surface area contributed by atoms with Gasteiger partial charge in [0.25, 0.3) is 5.69 Å². The summed E-state index contributed by atoms with van der Waals surface area (Å²) in [6.07, 6.45) is 1.77. The summed E-state index contributed by atoms with van der Waals surface area (Å²) in [5.41, 5.74) is 3.09. The second kappa shape index (κ2) is 4.61. The van der Waals surface area contributed by atoms with Crippen LogP contribution < -0.4 is 0 Å². The lowest BCUT2D eigenvalue weighted by atomic mass is 10.00. The van der Waals surface area contributed by atoms with Crippen LogP contribution in [0, 0.1) is 10.1 Å². The number of nitrogens with zero attached hydrogens (tertiary/aromatic N) is 1. The Morgan fingerprint density at radius 3 is 2.29 bits per heavy atom. The molecule has 84 valence electrons. The molecule has 2 aromatic carbocycles. The van der Waals surface area contributed by atoms with Crippen LogP contribution in [0.25, 0.3) is 17.2 Å². The van der Waals surface area contributed by atoms with Crippen LogP contribution in [0.15, 0.2) is 55.1 Å². The van der Waals surface area contributed by atoms with Gasteiger partial charge in [0.05, 0.1) is 4.92 Å². The van der Waals surface area contributed by atoms with Crippen LogP contribution in [0.2, 0.25) is 0 Å². The zero-order valence-electron chi connectivity index (χ0n) is 9.17. The molecule has 0 saturated heterocycles. The normalized spacial score (nSPS) is 9.88. The second-order valence-corrected chi connectivity index (χ2v) is 3.60. The third-order valence-electron chi connectivity index (χ3n) is 2.57. The number of nitro benzene ring substituents is 1. The number of hydrogen-bond acceptors (Lipinski definition) is 2. The third-order valence-corrected chi connectivity index (χ3v) is 2.57. The fourth-order valence-corrected chi connectivity index (χ4v) is 1.70. The Balaban J connectivity index is 2.46. The van der Waals surface area contributed by atoms with Crippen LogP contribution in [-0.4, -0.2) is 4.92 Å². The summed E-state index contributed by atoms with van der Waals surface area (Å²) in [6.45, 7) is 3.75. The van der Waals surface area contributed by atoms with E-state index in [0.29, 0.717) is 0 Å². The largest absolute Gasteiger partial charge is 0.269 e. The van der Waals surface area contributed by atoms with E-state index < -0.39 is 4.92 Å². The molecule has 3 nitrogen and oxygen atoms in total. The molecule has 0 radical (unpaired) electrons. The fourth-order valence-electron chi connectivity index (χ4n) is 1.70. The van der Waals surface area contributed by atoms with Crippen molar-refractivity contribution in [3.63, 3.8) is 0 Å². The van der Waals surface area contributed by atoms with Crippen molar-refractivity contribution in [3.05, 3.63) is 70.8 Å². The Kier molecular flexibility index (Phi) is 3.01. The number of nitro groups is 1. The Hall–Kier alpha value is -2.42. The molecule has 0 spiro atoms. The fraction of sp³-hybridized carbons (Fsp3) is 0. The third kappa shape index (κ3) is 2.23. The van der Waals surface area contributed by atoms with Crippen LogP contribution in [0.4, 0.5) is 5.69 Å². The highest BCUT2D eigenvalue weighted by molar-refractivity contribution is 5.75. The van der Waals surface area contributed by atoms with Gasteiger partial charge in [-0.1, -0.05) is 36.9 Å². The van der Waals surface area contributed by atoms with E-state index in [1.54, 1.807) is 18.2 Å². The molecule has 0 bridgehead atoms. The molecular weight excluding hydrogens is 214 g/mol. The Bertz CT molecular complexity index is 559. The van der Waals surface area contributed by atoms with E-state index in [0.717, 1.165) is 16.7 Å². The van der Waals surface area contributed by atoms with Crippen molar-refractivity contribution in [2.45, 2.75) is 0 Å². The monoisotopic (exact) mass is 225 g/mol. The van der Waals surface area contributed by atoms with E-state index in [-0.39, 0.29) is 5.69 Å². The van der Waals surface area contributed by atoms with Crippen molar-refractivity contribution < 1.29 is 4.92 Å². The van der Waals surface area contributed by atoms with Gasteiger partial charge in [0, 0.05) is 12.1 Å². The highest BCUT2D eigenvalue weighted by Gasteiger charge is 2.06. The summed E-state index contributed by atoms with van der Waals surface area (Å²) in [5.74, 6) is 0. The molecule has 17 heavy (non-hydrogen) atoms. The first-order chi connectivity index (χ1) is 8.22. The van der Waals surface area contributed by atoms with Crippen molar-refractivity contribution in [2.24, 2.45) is 0 Å². The predicted molar refractivity (Wildman–Crippen MR) is 68.6 cm³/mol. The Labute approximate surface area is 99.2 Å². The predicted octanol–water partition coefficient (Wildman–Crippen LogP) is 3.90. The molecule has 0 aliphatic rings. The van der Waals surface area contributed by atoms with Crippen LogP contribution in [0.3, 0.4) is 0 Å². The topological polar surface area (TPSA) is 43.1 Å². The van der Waals surface area contributed by atoms with Gasteiger partial charge in [-0.2, -0.15) is 0 Å². The average molecular weight is 225 g/mol. The summed E-state index contributed by atoms with van der Waals surface area (Å²) in [5, 5.41) is 10.6. The number of benzene rings is 2. The number of non-ortho nitro benzene ring substituents is 1. The number of rotatable bonds is 3. The first kappa shape index (κ1) is 11.1. The van der Waals surface area contributed by atoms with Crippen LogP contribution in [0.1, 0.15) is 5.56 Å². The Morgan fingerprint density at radius 2 is 1.71 bits per heavy atom. The molecule has 2 rings (SSSR count). The van der Waals surface area contributed by atoms with Gasteiger partial charge in [0.2, 0.25) is 0 Å². The molecule has 0 fully saturated rings. The van der Waals surface area contributed by atoms with E-state index in [9.17, 15) is 10.1 Å². The van der Waals surface area contributed by atoms with Gasteiger partial charge in [-0.25, -0.2) is 0 Å². The van der Waals surface area contributed by atoms with Gasteiger partial charge in [-0.05, 0) is 28.8 Å². The summed E-state index contributed by atoms with van der Waals surface area (Å²) >= 11 is 0.